The standard InChI is InChI=1S/C4H11NOS/c1-2-3-4(6)7-5/h4,6H,2-3,5H2,1H3. The SMILES string of the molecule is CCCC(O)SN. The van der Waals surface area contributed by atoms with E-state index in [2.05, 4.69) is 0 Å². The van der Waals surface area contributed by atoms with Gasteiger partial charge in [-0.15, -0.1) is 0 Å². The van der Waals surface area contributed by atoms with Crippen molar-refractivity contribution in [3.63, 3.8) is 0 Å². The van der Waals surface area contributed by atoms with Crippen molar-refractivity contribution in [2.24, 2.45) is 5.14 Å². The van der Waals surface area contributed by atoms with E-state index in [9.17, 15) is 0 Å². The predicted molar refractivity (Wildman–Crippen MR) is 32.7 cm³/mol. The van der Waals surface area contributed by atoms with Crippen LogP contribution in [0, 0.1) is 0 Å². The van der Waals surface area contributed by atoms with Crippen LogP contribution >= 0.6 is 11.9 Å². The maximum atomic E-state index is 8.70. The lowest BCUT2D eigenvalue weighted by atomic mass is 10.4. The third-order valence-electron chi connectivity index (χ3n) is 0.693. The maximum Gasteiger partial charge on any atom is 0.113 e. The van der Waals surface area contributed by atoms with E-state index in [0.29, 0.717) is 0 Å². The van der Waals surface area contributed by atoms with Gasteiger partial charge in [0.15, 0.2) is 0 Å². The van der Waals surface area contributed by atoms with Crippen LogP contribution in [-0.4, -0.2) is 10.5 Å². The van der Waals surface area contributed by atoms with Crippen LogP contribution in [-0.2, 0) is 0 Å². The topological polar surface area (TPSA) is 46.2 Å². The third kappa shape index (κ3) is 4.12. The van der Waals surface area contributed by atoms with Crippen molar-refractivity contribution < 1.29 is 5.11 Å². The maximum absolute atomic E-state index is 8.70. The first-order valence-electron chi connectivity index (χ1n) is 2.34. The summed E-state index contributed by atoms with van der Waals surface area (Å²) in [6.45, 7) is 2.01. The quantitative estimate of drug-likeness (QED) is 0.427. The van der Waals surface area contributed by atoms with Gasteiger partial charge in [0.2, 0.25) is 0 Å². The van der Waals surface area contributed by atoms with Crippen molar-refractivity contribution in [1.82, 2.24) is 0 Å². The lowest BCUT2D eigenvalue weighted by Crippen LogP contribution is -2.02. The number of aliphatic hydroxyl groups is 1. The number of hydrogen-bond acceptors (Lipinski definition) is 3. The van der Waals surface area contributed by atoms with Crippen LogP contribution in [0.5, 0.6) is 0 Å². The minimum absolute atomic E-state index is 0.356. The van der Waals surface area contributed by atoms with Gasteiger partial charge in [0.05, 0.1) is 0 Å². The van der Waals surface area contributed by atoms with Gasteiger partial charge in [0.1, 0.15) is 5.44 Å². The summed E-state index contributed by atoms with van der Waals surface area (Å²) in [7, 11) is 0. The molecule has 3 heteroatoms. The molecule has 0 aliphatic carbocycles. The molecule has 0 amide bonds. The number of aliphatic hydroxyl groups excluding tert-OH is 1. The Bertz CT molecular complexity index is 42.7. The van der Waals surface area contributed by atoms with Gasteiger partial charge in [0, 0.05) is 0 Å². The lowest BCUT2D eigenvalue weighted by molar-refractivity contribution is 0.251. The fourth-order valence-electron chi connectivity index (χ4n) is 0.315. The first-order valence-corrected chi connectivity index (χ1v) is 3.29. The van der Waals surface area contributed by atoms with Gasteiger partial charge in [0.25, 0.3) is 0 Å². The summed E-state index contributed by atoms with van der Waals surface area (Å²) >= 11 is 1.00. The second-order valence-electron chi connectivity index (χ2n) is 1.38. The molecule has 0 aliphatic heterocycles. The summed E-state index contributed by atoms with van der Waals surface area (Å²) in [6.07, 6.45) is 1.78. The Morgan fingerprint density at radius 2 is 2.43 bits per heavy atom. The number of hydrogen-bond donors (Lipinski definition) is 2. The molecule has 0 rings (SSSR count). The lowest BCUT2D eigenvalue weighted by Gasteiger charge is -2.00. The van der Waals surface area contributed by atoms with Gasteiger partial charge in [-0.1, -0.05) is 25.3 Å². The molecule has 2 nitrogen and oxygen atoms in total. The third-order valence-corrected chi connectivity index (χ3v) is 1.24. The van der Waals surface area contributed by atoms with E-state index >= 15 is 0 Å². The molecule has 0 fully saturated rings. The zero-order chi connectivity index (χ0) is 5.70. The molecule has 0 spiro atoms. The summed E-state index contributed by atoms with van der Waals surface area (Å²) < 4.78 is 0. The average Bonchev–Trinajstić information content (AvgIpc) is 1.68. The first-order chi connectivity index (χ1) is 3.31. The molecule has 44 valence electrons. The van der Waals surface area contributed by atoms with Gasteiger partial charge < -0.3 is 5.11 Å². The van der Waals surface area contributed by atoms with Crippen molar-refractivity contribution in [2.45, 2.75) is 25.2 Å². The van der Waals surface area contributed by atoms with Crippen LogP contribution in [0.4, 0.5) is 0 Å². The second kappa shape index (κ2) is 4.43. The van der Waals surface area contributed by atoms with Crippen LogP contribution in [0.1, 0.15) is 19.8 Å². The average molecular weight is 121 g/mol. The van der Waals surface area contributed by atoms with E-state index in [1.807, 2.05) is 6.92 Å². The van der Waals surface area contributed by atoms with E-state index in [0.717, 1.165) is 24.8 Å². The smallest absolute Gasteiger partial charge is 0.113 e. The molecule has 7 heavy (non-hydrogen) atoms. The Balaban J connectivity index is 2.83. The molecule has 0 heterocycles. The Morgan fingerprint density at radius 1 is 1.86 bits per heavy atom. The van der Waals surface area contributed by atoms with E-state index in [1.165, 1.54) is 0 Å². The molecule has 0 aromatic heterocycles. The van der Waals surface area contributed by atoms with E-state index in [-0.39, 0.29) is 5.44 Å². The zero-order valence-corrected chi connectivity index (χ0v) is 5.24. The van der Waals surface area contributed by atoms with Crippen LogP contribution in [0.3, 0.4) is 0 Å². The molecule has 0 aliphatic rings. The molecule has 3 N–H and O–H groups in total. The number of rotatable bonds is 3. The monoisotopic (exact) mass is 121 g/mol. The molecule has 0 saturated carbocycles. The fraction of sp³-hybridized carbons (Fsp3) is 1.00. The van der Waals surface area contributed by atoms with Crippen molar-refractivity contribution >= 4 is 11.9 Å². The summed E-state index contributed by atoms with van der Waals surface area (Å²) in [4.78, 5) is 0. The highest BCUT2D eigenvalue weighted by molar-refractivity contribution is 7.97. The Kier molecular flexibility index (Phi) is 4.60. The van der Waals surface area contributed by atoms with Gasteiger partial charge in [-0.25, -0.2) is 0 Å². The minimum Gasteiger partial charge on any atom is -0.381 e. The van der Waals surface area contributed by atoms with Gasteiger partial charge in [-0.3, -0.25) is 5.14 Å². The molecule has 1 unspecified atom stereocenters. The summed E-state index contributed by atoms with van der Waals surface area (Å²) in [5, 5.41) is 13.7. The number of nitrogens with two attached hydrogens (primary N) is 1. The van der Waals surface area contributed by atoms with Gasteiger partial charge >= 0.3 is 0 Å². The minimum atomic E-state index is -0.356. The van der Waals surface area contributed by atoms with Crippen LogP contribution in [0.2, 0.25) is 0 Å². The highest BCUT2D eigenvalue weighted by Crippen LogP contribution is 2.04. The molecule has 0 aromatic rings. The van der Waals surface area contributed by atoms with Crippen LogP contribution in [0.25, 0.3) is 0 Å². The molecule has 1 atom stereocenters. The molecule has 0 radical (unpaired) electrons. The molecule has 0 saturated heterocycles. The van der Waals surface area contributed by atoms with E-state index in [4.69, 9.17) is 10.2 Å². The Labute approximate surface area is 48.2 Å². The second-order valence-corrected chi connectivity index (χ2v) is 2.20. The normalized spacial score (nSPS) is 14.1. The molecule has 0 bridgehead atoms. The fourth-order valence-corrected chi connectivity index (χ4v) is 0.687. The van der Waals surface area contributed by atoms with Crippen molar-refractivity contribution in [1.29, 1.82) is 0 Å². The highest BCUT2D eigenvalue weighted by Gasteiger charge is 1.95. The van der Waals surface area contributed by atoms with E-state index in [1.54, 1.807) is 0 Å². The summed E-state index contributed by atoms with van der Waals surface area (Å²) in [5.74, 6) is 0. The zero-order valence-electron chi connectivity index (χ0n) is 4.42. The molecular formula is C4H11NOS. The molecule has 0 aromatic carbocycles. The Hall–Kier alpha value is 0.270. The largest absolute Gasteiger partial charge is 0.381 e. The molecular weight excluding hydrogens is 110 g/mol. The van der Waals surface area contributed by atoms with Crippen molar-refractivity contribution in [3.8, 4) is 0 Å². The first kappa shape index (κ1) is 7.27. The van der Waals surface area contributed by atoms with Crippen LogP contribution < -0.4 is 5.14 Å². The van der Waals surface area contributed by atoms with Crippen molar-refractivity contribution in [3.05, 3.63) is 0 Å². The van der Waals surface area contributed by atoms with E-state index < -0.39 is 0 Å². The Morgan fingerprint density at radius 3 is 2.57 bits per heavy atom. The summed E-state index contributed by atoms with van der Waals surface area (Å²) in [5.41, 5.74) is -0.356. The predicted octanol–water partition coefficient (Wildman–Crippen LogP) is 0.712. The summed E-state index contributed by atoms with van der Waals surface area (Å²) in [6, 6.07) is 0. The van der Waals surface area contributed by atoms with Gasteiger partial charge in [-0.05, 0) is 6.42 Å². The highest BCUT2D eigenvalue weighted by atomic mass is 32.2. The van der Waals surface area contributed by atoms with Crippen LogP contribution in [0.15, 0.2) is 0 Å². The van der Waals surface area contributed by atoms with Gasteiger partial charge in [-0.2, -0.15) is 0 Å². The van der Waals surface area contributed by atoms with Crippen molar-refractivity contribution in [2.75, 3.05) is 0 Å².